The number of rotatable bonds is 11. The van der Waals surface area contributed by atoms with Crippen molar-refractivity contribution in [3.8, 4) is 11.1 Å². The largest absolute Gasteiger partial charge is 0.416 e. The molecule has 0 aliphatic carbocycles. The first kappa shape index (κ1) is 35.6. The van der Waals surface area contributed by atoms with Crippen molar-refractivity contribution in [1.82, 2.24) is 14.8 Å². The Hall–Kier alpha value is -4.18. The van der Waals surface area contributed by atoms with Gasteiger partial charge < -0.3 is 14.7 Å². The number of benzene rings is 3. The average Bonchev–Trinajstić information content (AvgIpc) is 3.64. The first-order chi connectivity index (χ1) is 24.2. The third-order valence-electron chi connectivity index (χ3n) is 10.1. The number of anilines is 1. The van der Waals surface area contributed by atoms with Crippen LogP contribution in [0.15, 0.2) is 78.2 Å². The predicted molar refractivity (Wildman–Crippen MR) is 194 cm³/mol. The van der Waals surface area contributed by atoms with Crippen molar-refractivity contribution < 1.29 is 22.8 Å². The summed E-state index contributed by atoms with van der Waals surface area (Å²) in [6.07, 6.45) is 3.51. The van der Waals surface area contributed by atoms with Crippen LogP contribution >= 0.6 is 11.3 Å². The molecule has 3 heterocycles. The summed E-state index contributed by atoms with van der Waals surface area (Å²) >= 11 is 1.53. The number of nitrogens with zero attached hydrogens (tertiary/aromatic N) is 4. The first-order valence-electron chi connectivity index (χ1n) is 17.8. The maximum atomic E-state index is 14.2. The topological polar surface area (TPSA) is 56.8 Å². The second-order valence-electron chi connectivity index (χ2n) is 13.5. The lowest BCUT2D eigenvalue weighted by molar-refractivity contribution is -0.137. The van der Waals surface area contributed by atoms with Gasteiger partial charge in [-0.3, -0.25) is 9.59 Å². The van der Waals surface area contributed by atoms with E-state index >= 15 is 0 Å². The molecule has 264 valence electrons. The Kier molecular flexibility index (Phi) is 11.3. The van der Waals surface area contributed by atoms with Crippen LogP contribution in [0.1, 0.15) is 107 Å². The van der Waals surface area contributed by atoms with Crippen molar-refractivity contribution in [2.24, 2.45) is 0 Å². The number of thiazole rings is 1. The Bertz CT molecular complexity index is 1760. The van der Waals surface area contributed by atoms with Crippen LogP contribution in [-0.4, -0.2) is 59.8 Å². The second-order valence-corrected chi connectivity index (χ2v) is 14.3. The molecule has 2 amide bonds. The fraction of sp³-hybridized carbons (Fsp3) is 0.425. The van der Waals surface area contributed by atoms with E-state index in [1.807, 2.05) is 10.3 Å². The Morgan fingerprint density at radius 3 is 2.32 bits per heavy atom. The van der Waals surface area contributed by atoms with Crippen molar-refractivity contribution in [1.29, 1.82) is 0 Å². The summed E-state index contributed by atoms with van der Waals surface area (Å²) in [7, 11) is 2.11. The van der Waals surface area contributed by atoms with Crippen LogP contribution in [0.25, 0.3) is 11.1 Å². The van der Waals surface area contributed by atoms with Crippen LogP contribution < -0.4 is 4.90 Å². The zero-order valence-electron chi connectivity index (χ0n) is 28.8. The molecule has 4 aromatic rings. The van der Waals surface area contributed by atoms with Crippen LogP contribution in [-0.2, 0) is 6.18 Å². The van der Waals surface area contributed by atoms with Crippen molar-refractivity contribution in [2.45, 2.75) is 76.4 Å². The summed E-state index contributed by atoms with van der Waals surface area (Å²) in [4.78, 5) is 39.0. The monoisotopic (exact) mass is 702 g/mol. The van der Waals surface area contributed by atoms with E-state index < -0.39 is 11.7 Å². The van der Waals surface area contributed by atoms with Gasteiger partial charge in [0.25, 0.3) is 11.8 Å². The molecule has 0 spiro atoms. The molecule has 1 fully saturated rings. The molecule has 1 aromatic heterocycles. The lowest BCUT2D eigenvalue weighted by Crippen LogP contribution is -2.41. The molecule has 0 bridgehead atoms. The fourth-order valence-corrected chi connectivity index (χ4v) is 8.26. The number of unbranched alkanes of at least 4 members (excludes halogenated alkanes) is 4. The van der Waals surface area contributed by atoms with Crippen molar-refractivity contribution in [2.75, 3.05) is 38.1 Å². The summed E-state index contributed by atoms with van der Waals surface area (Å²) in [6.45, 7) is 4.86. The van der Waals surface area contributed by atoms with Gasteiger partial charge in [0.15, 0.2) is 0 Å². The number of carbonyl (C=O) groups is 2. The molecule has 0 N–H and O–H groups in total. The Balaban J connectivity index is 1.13. The third-order valence-corrected chi connectivity index (χ3v) is 11.1. The number of halogens is 3. The van der Waals surface area contributed by atoms with E-state index in [9.17, 15) is 22.8 Å². The van der Waals surface area contributed by atoms with Crippen molar-refractivity contribution in [3.63, 3.8) is 0 Å². The molecular formula is C40H45F3N4O2S. The van der Waals surface area contributed by atoms with Gasteiger partial charge in [-0.25, -0.2) is 4.98 Å². The fourth-order valence-electron chi connectivity index (χ4n) is 7.30. The highest BCUT2D eigenvalue weighted by Crippen LogP contribution is 2.39. The molecule has 10 heteroatoms. The lowest BCUT2D eigenvalue weighted by atomic mass is 9.94. The summed E-state index contributed by atoms with van der Waals surface area (Å²) in [6, 6.07) is 20.4. The molecule has 2 aliphatic heterocycles. The standard InChI is InChI=1S/C40H45F3N4O2S/c1-3-4-5-6-11-23-47(36-22-24-45(2)35-15-10-9-14-33(35)36)39(49)34-27-50-37(44-34)29-20-25-46(26-21-29)38(48)32-13-8-7-12-31(32)28-16-18-30(19-17-28)40(41,42)43/h7-10,12-19,27,29,36H,3-6,11,20-26H2,1-2H3. The van der Waals surface area contributed by atoms with Crippen LogP contribution in [0.4, 0.5) is 18.9 Å². The second kappa shape index (κ2) is 15.8. The van der Waals surface area contributed by atoms with Gasteiger partial charge in [0.05, 0.1) is 16.6 Å². The maximum absolute atomic E-state index is 14.2. The van der Waals surface area contributed by atoms with Gasteiger partial charge >= 0.3 is 6.18 Å². The van der Waals surface area contributed by atoms with E-state index in [-0.39, 0.29) is 23.8 Å². The molecule has 50 heavy (non-hydrogen) atoms. The minimum absolute atomic E-state index is 0.00549. The highest BCUT2D eigenvalue weighted by Gasteiger charge is 2.34. The first-order valence-corrected chi connectivity index (χ1v) is 18.7. The Labute approximate surface area is 296 Å². The number of hydrogen-bond acceptors (Lipinski definition) is 5. The summed E-state index contributed by atoms with van der Waals surface area (Å²) in [5.74, 6) is -0.0101. The summed E-state index contributed by atoms with van der Waals surface area (Å²) in [5.41, 5.74) is 3.79. The number of carbonyl (C=O) groups excluding carboxylic acids is 2. The SMILES string of the molecule is CCCCCCCN(C(=O)c1csc(C2CCN(C(=O)c3ccccc3-c3ccc(C(F)(F)F)cc3)CC2)n1)C1CCN(C)c2ccccc21. The Morgan fingerprint density at radius 1 is 0.880 bits per heavy atom. The highest BCUT2D eigenvalue weighted by atomic mass is 32.1. The van der Waals surface area contributed by atoms with Gasteiger partial charge in [0.2, 0.25) is 0 Å². The van der Waals surface area contributed by atoms with Gasteiger partial charge in [0, 0.05) is 55.8 Å². The number of hydrogen-bond donors (Lipinski definition) is 0. The van der Waals surface area contributed by atoms with E-state index in [4.69, 9.17) is 4.98 Å². The Morgan fingerprint density at radius 2 is 1.58 bits per heavy atom. The third kappa shape index (κ3) is 7.90. The molecule has 1 saturated heterocycles. The zero-order chi connectivity index (χ0) is 35.3. The smallest absolute Gasteiger partial charge is 0.374 e. The molecule has 3 aromatic carbocycles. The number of likely N-dealkylation sites (tertiary alicyclic amines) is 1. The lowest BCUT2D eigenvalue weighted by Gasteiger charge is -2.39. The van der Waals surface area contributed by atoms with Gasteiger partial charge in [-0.2, -0.15) is 13.2 Å². The van der Waals surface area contributed by atoms with E-state index in [2.05, 4.69) is 48.0 Å². The summed E-state index contributed by atoms with van der Waals surface area (Å²) < 4.78 is 39.4. The molecule has 0 radical (unpaired) electrons. The molecule has 6 nitrogen and oxygen atoms in total. The minimum Gasteiger partial charge on any atom is -0.374 e. The molecule has 6 rings (SSSR count). The average molecular weight is 703 g/mol. The number of amides is 2. The van der Waals surface area contributed by atoms with Gasteiger partial charge in [-0.1, -0.05) is 81.1 Å². The molecule has 2 aliphatic rings. The highest BCUT2D eigenvalue weighted by molar-refractivity contribution is 7.09. The quantitative estimate of drug-likeness (QED) is 0.146. The van der Waals surface area contributed by atoms with E-state index in [0.29, 0.717) is 42.0 Å². The van der Waals surface area contributed by atoms with Crippen LogP contribution in [0.3, 0.4) is 0 Å². The molecule has 1 atom stereocenters. The van der Waals surface area contributed by atoms with E-state index in [1.165, 1.54) is 54.0 Å². The molecule has 1 unspecified atom stereocenters. The molecular weight excluding hydrogens is 658 g/mol. The normalized spacial score (nSPS) is 16.7. The zero-order valence-corrected chi connectivity index (χ0v) is 29.6. The van der Waals surface area contributed by atoms with Gasteiger partial charge in [-0.15, -0.1) is 11.3 Å². The van der Waals surface area contributed by atoms with Crippen molar-refractivity contribution in [3.05, 3.63) is 106 Å². The minimum atomic E-state index is -4.42. The van der Waals surface area contributed by atoms with Crippen molar-refractivity contribution >= 4 is 28.8 Å². The van der Waals surface area contributed by atoms with Crippen LogP contribution in [0.2, 0.25) is 0 Å². The molecule has 0 saturated carbocycles. The van der Waals surface area contributed by atoms with Crippen LogP contribution in [0.5, 0.6) is 0 Å². The number of fused-ring (bicyclic) bond motifs is 1. The maximum Gasteiger partial charge on any atom is 0.416 e. The number of para-hydroxylation sites is 1. The number of piperidine rings is 1. The van der Waals surface area contributed by atoms with Crippen LogP contribution in [0, 0.1) is 0 Å². The van der Waals surface area contributed by atoms with E-state index in [1.54, 1.807) is 24.3 Å². The van der Waals surface area contributed by atoms with E-state index in [0.717, 1.165) is 55.8 Å². The summed E-state index contributed by atoms with van der Waals surface area (Å²) in [5, 5.41) is 2.83. The number of aromatic nitrogens is 1. The van der Waals surface area contributed by atoms with Gasteiger partial charge in [-0.05, 0) is 66.6 Å². The predicted octanol–water partition coefficient (Wildman–Crippen LogP) is 9.84. The van der Waals surface area contributed by atoms with Gasteiger partial charge in [0.1, 0.15) is 5.69 Å². The number of alkyl halides is 3.